The van der Waals surface area contributed by atoms with Gasteiger partial charge < -0.3 is 10.0 Å². The number of nitrogens with zero attached hydrogens (tertiary/aromatic N) is 4. The molecular formula is C25H26N4O2. The third-order valence-electron chi connectivity index (χ3n) is 5.30. The maximum Gasteiger partial charge on any atom is 0.162 e. The van der Waals surface area contributed by atoms with Gasteiger partial charge in [0, 0.05) is 29.3 Å². The number of ketones is 1. The molecule has 0 bridgehead atoms. The van der Waals surface area contributed by atoms with Crippen molar-refractivity contribution < 1.29 is 9.90 Å². The molecule has 0 fully saturated rings. The van der Waals surface area contributed by atoms with E-state index in [2.05, 4.69) is 14.9 Å². The van der Waals surface area contributed by atoms with Crippen molar-refractivity contribution in [2.75, 3.05) is 20.6 Å². The highest BCUT2D eigenvalue weighted by Gasteiger charge is 2.10. The number of fused-ring (bicyclic) bond motifs is 1. The highest BCUT2D eigenvalue weighted by Crippen LogP contribution is 2.26. The molecule has 2 heterocycles. The molecule has 2 aromatic carbocycles. The van der Waals surface area contributed by atoms with Gasteiger partial charge in [0.2, 0.25) is 0 Å². The van der Waals surface area contributed by atoms with Gasteiger partial charge in [-0.3, -0.25) is 14.2 Å². The molecule has 0 spiro atoms. The monoisotopic (exact) mass is 414 g/mol. The van der Waals surface area contributed by atoms with E-state index in [9.17, 15) is 9.90 Å². The van der Waals surface area contributed by atoms with Crippen molar-refractivity contribution >= 4 is 11.4 Å². The average molecular weight is 415 g/mol. The summed E-state index contributed by atoms with van der Waals surface area (Å²) in [5.74, 6) is 0.387. The van der Waals surface area contributed by atoms with Crippen LogP contribution in [0, 0.1) is 0 Å². The normalized spacial score (nSPS) is 11.3. The Bertz CT molecular complexity index is 1200. The van der Waals surface area contributed by atoms with Crippen LogP contribution in [-0.2, 0) is 0 Å². The van der Waals surface area contributed by atoms with Crippen LogP contribution in [0.4, 0.5) is 0 Å². The predicted octanol–water partition coefficient (Wildman–Crippen LogP) is 4.68. The fraction of sp³-hybridized carbons (Fsp3) is 0.240. The van der Waals surface area contributed by atoms with Crippen molar-refractivity contribution in [1.82, 2.24) is 19.3 Å². The van der Waals surface area contributed by atoms with Crippen LogP contribution >= 0.6 is 0 Å². The molecule has 0 atom stereocenters. The van der Waals surface area contributed by atoms with Gasteiger partial charge in [-0.15, -0.1) is 0 Å². The van der Waals surface area contributed by atoms with Crippen LogP contribution in [0.25, 0.3) is 28.2 Å². The summed E-state index contributed by atoms with van der Waals surface area (Å²) in [7, 11) is 4.09. The van der Waals surface area contributed by atoms with Crippen molar-refractivity contribution in [2.24, 2.45) is 0 Å². The Labute approximate surface area is 181 Å². The third-order valence-corrected chi connectivity index (χ3v) is 5.30. The number of aromatic nitrogens is 3. The lowest BCUT2D eigenvalue weighted by Gasteiger charge is -2.09. The van der Waals surface area contributed by atoms with Gasteiger partial charge in [0.25, 0.3) is 0 Å². The molecule has 4 aromatic rings. The first-order valence-electron chi connectivity index (χ1n) is 10.4. The minimum absolute atomic E-state index is 0.175. The number of benzene rings is 2. The number of carbonyl (C=O) groups excluding carboxylic acids is 1. The van der Waals surface area contributed by atoms with Crippen LogP contribution in [0.2, 0.25) is 0 Å². The van der Waals surface area contributed by atoms with Crippen LogP contribution in [0.15, 0.2) is 67.1 Å². The second kappa shape index (κ2) is 9.10. The lowest BCUT2D eigenvalue weighted by Crippen LogP contribution is -2.13. The minimum Gasteiger partial charge on any atom is -0.508 e. The van der Waals surface area contributed by atoms with Crippen LogP contribution in [-0.4, -0.2) is 50.8 Å². The van der Waals surface area contributed by atoms with Crippen molar-refractivity contribution in [3.63, 3.8) is 0 Å². The molecule has 0 radical (unpaired) electrons. The number of carbonyl (C=O) groups is 1. The second-order valence-corrected chi connectivity index (χ2v) is 7.96. The number of hydrogen-bond donors (Lipinski definition) is 1. The molecule has 0 aliphatic heterocycles. The van der Waals surface area contributed by atoms with Crippen molar-refractivity contribution in [2.45, 2.75) is 19.3 Å². The van der Waals surface area contributed by atoms with Gasteiger partial charge in [-0.05, 0) is 45.6 Å². The first-order valence-corrected chi connectivity index (χ1v) is 10.4. The summed E-state index contributed by atoms with van der Waals surface area (Å²) in [6.07, 6.45) is 7.92. The van der Waals surface area contributed by atoms with Gasteiger partial charge in [-0.25, -0.2) is 4.98 Å². The number of aromatic hydroxyl groups is 1. The molecule has 1 N–H and O–H groups in total. The van der Waals surface area contributed by atoms with Gasteiger partial charge in [-0.1, -0.05) is 36.4 Å². The molecule has 6 nitrogen and oxygen atoms in total. The van der Waals surface area contributed by atoms with E-state index in [1.165, 1.54) is 0 Å². The molecule has 0 amide bonds. The second-order valence-electron chi connectivity index (χ2n) is 7.96. The summed E-state index contributed by atoms with van der Waals surface area (Å²) in [5.41, 5.74) is 4.93. The number of rotatable bonds is 8. The summed E-state index contributed by atoms with van der Waals surface area (Å²) in [6.45, 7) is 0.999. The summed E-state index contributed by atoms with van der Waals surface area (Å²) in [5, 5.41) is 9.81. The predicted molar refractivity (Wildman–Crippen MR) is 122 cm³/mol. The van der Waals surface area contributed by atoms with Crippen LogP contribution in [0.1, 0.15) is 29.6 Å². The zero-order chi connectivity index (χ0) is 21.8. The van der Waals surface area contributed by atoms with Gasteiger partial charge in [-0.2, -0.15) is 0 Å². The number of phenols is 1. The Morgan fingerprint density at radius 2 is 1.81 bits per heavy atom. The Morgan fingerprint density at radius 1 is 1.00 bits per heavy atom. The minimum atomic E-state index is 0.175. The van der Waals surface area contributed by atoms with E-state index in [4.69, 9.17) is 0 Å². The third kappa shape index (κ3) is 4.81. The van der Waals surface area contributed by atoms with Crippen molar-refractivity contribution in [1.29, 1.82) is 0 Å². The van der Waals surface area contributed by atoms with Gasteiger partial charge in [0.05, 0.1) is 23.8 Å². The Morgan fingerprint density at radius 3 is 2.55 bits per heavy atom. The molecular weight excluding hydrogens is 388 g/mol. The molecule has 158 valence electrons. The van der Waals surface area contributed by atoms with Gasteiger partial charge >= 0.3 is 0 Å². The van der Waals surface area contributed by atoms with Gasteiger partial charge in [0.1, 0.15) is 5.75 Å². The lowest BCUT2D eigenvalue weighted by atomic mass is 10.0. The first-order chi connectivity index (χ1) is 15.0. The Kier molecular flexibility index (Phi) is 6.09. The maximum absolute atomic E-state index is 12.4. The molecule has 2 aromatic heterocycles. The van der Waals surface area contributed by atoms with Crippen LogP contribution < -0.4 is 0 Å². The number of Topliss-reactive ketones (excluding diaryl/α,β-unsaturated/α-hetero) is 1. The summed E-state index contributed by atoms with van der Waals surface area (Å²) < 4.78 is 1.96. The van der Waals surface area contributed by atoms with E-state index in [1.807, 2.05) is 61.1 Å². The smallest absolute Gasteiger partial charge is 0.162 e. The van der Waals surface area contributed by atoms with E-state index >= 15 is 0 Å². The molecule has 0 aliphatic rings. The summed E-state index contributed by atoms with van der Waals surface area (Å²) in [4.78, 5) is 23.5. The van der Waals surface area contributed by atoms with E-state index in [0.717, 1.165) is 53.1 Å². The Hall–Kier alpha value is -3.51. The maximum atomic E-state index is 12.4. The number of hydrogen-bond acceptors (Lipinski definition) is 5. The largest absolute Gasteiger partial charge is 0.508 e. The number of imidazole rings is 1. The highest BCUT2D eigenvalue weighted by molar-refractivity contribution is 5.96. The summed E-state index contributed by atoms with van der Waals surface area (Å²) in [6, 6.07) is 14.7. The average Bonchev–Trinajstić information content (AvgIpc) is 3.20. The van der Waals surface area contributed by atoms with Crippen LogP contribution in [0.3, 0.4) is 0 Å². The van der Waals surface area contributed by atoms with E-state index in [1.54, 1.807) is 24.5 Å². The Balaban J connectivity index is 1.54. The van der Waals surface area contributed by atoms with Crippen LogP contribution in [0.5, 0.6) is 5.75 Å². The molecule has 0 aliphatic carbocycles. The fourth-order valence-corrected chi connectivity index (χ4v) is 3.60. The number of unbranched alkanes of at least 4 members (excludes halogenated alkanes) is 1. The molecule has 4 rings (SSSR count). The van der Waals surface area contributed by atoms with E-state index in [0.29, 0.717) is 6.42 Å². The summed E-state index contributed by atoms with van der Waals surface area (Å²) >= 11 is 0. The zero-order valence-corrected chi connectivity index (χ0v) is 17.8. The standard InChI is InChI=1S/C25H26N4O2/c1-28(2)13-4-3-8-24(31)19-11-9-18(10-12-19)22-17-29-23(15-27-25(29)16-26-22)20-6-5-7-21(30)14-20/h5-7,9-12,14-17,30H,3-4,8,13H2,1-2H3. The first kappa shape index (κ1) is 20.8. The van der Waals surface area contributed by atoms with Gasteiger partial charge in [0.15, 0.2) is 11.4 Å². The lowest BCUT2D eigenvalue weighted by molar-refractivity contribution is 0.0978. The molecule has 0 unspecified atom stereocenters. The molecule has 6 heteroatoms. The number of phenolic OH excluding ortho intramolecular Hbond substituents is 1. The molecule has 0 saturated heterocycles. The van der Waals surface area contributed by atoms with E-state index in [-0.39, 0.29) is 11.5 Å². The molecule has 0 saturated carbocycles. The molecule has 31 heavy (non-hydrogen) atoms. The zero-order valence-electron chi connectivity index (χ0n) is 17.8. The van der Waals surface area contributed by atoms with Crippen molar-refractivity contribution in [3.8, 4) is 28.3 Å². The highest BCUT2D eigenvalue weighted by atomic mass is 16.3. The quantitative estimate of drug-likeness (QED) is 0.335. The fourth-order valence-electron chi connectivity index (χ4n) is 3.60. The van der Waals surface area contributed by atoms with Crippen molar-refractivity contribution in [3.05, 3.63) is 72.7 Å². The topological polar surface area (TPSA) is 70.7 Å². The SMILES string of the molecule is CN(C)CCCCC(=O)c1ccc(-c2cn3c(-c4cccc(O)c4)cnc3cn2)cc1. The van der Waals surface area contributed by atoms with E-state index < -0.39 is 0 Å².